The Balaban J connectivity index is 1.62. The van der Waals surface area contributed by atoms with Gasteiger partial charge in [-0.2, -0.15) is 4.31 Å². The van der Waals surface area contributed by atoms with Crippen molar-refractivity contribution < 1.29 is 22.7 Å². The van der Waals surface area contributed by atoms with Gasteiger partial charge in [-0.05, 0) is 56.2 Å². The smallest absolute Gasteiger partial charge is 0.344 e. The van der Waals surface area contributed by atoms with E-state index in [1.54, 1.807) is 0 Å². The molecule has 0 spiro atoms. The van der Waals surface area contributed by atoms with Crippen LogP contribution in [0, 0.1) is 0 Å². The summed E-state index contributed by atoms with van der Waals surface area (Å²) in [6, 6.07) is 8.55. The van der Waals surface area contributed by atoms with Crippen molar-refractivity contribution in [3.05, 3.63) is 58.5 Å². The number of aromatic nitrogens is 1. The number of nitrogens with zero attached hydrogens (tertiary/aromatic N) is 1. The van der Waals surface area contributed by atoms with E-state index in [1.165, 1.54) is 53.8 Å². The van der Waals surface area contributed by atoms with Crippen molar-refractivity contribution in [1.82, 2.24) is 9.29 Å². The van der Waals surface area contributed by atoms with E-state index in [0.29, 0.717) is 18.8 Å². The van der Waals surface area contributed by atoms with Crippen LogP contribution in [0.1, 0.15) is 30.1 Å². The number of hydrogen-bond donors (Lipinski definition) is 2. The number of ether oxygens (including phenoxy) is 1. The molecule has 0 aliphatic carbocycles. The average molecular weight is 419 g/mol. The Morgan fingerprint density at radius 1 is 1.14 bits per heavy atom. The van der Waals surface area contributed by atoms with E-state index in [1.807, 2.05) is 0 Å². The Morgan fingerprint density at radius 2 is 1.79 bits per heavy atom. The average Bonchev–Trinajstić information content (AvgIpc) is 3.24. The minimum atomic E-state index is -3.53. The molecule has 2 N–H and O–H groups in total. The van der Waals surface area contributed by atoms with Gasteiger partial charge in [0.1, 0.15) is 5.56 Å². The molecule has 9 nitrogen and oxygen atoms in total. The van der Waals surface area contributed by atoms with Gasteiger partial charge in [0, 0.05) is 25.0 Å². The van der Waals surface area contributed by atoms with Crippen LogP contribution >= 0.6 is 0 Å². The van der Waals surface area contributed by atoms with Crippen LogP contribution in [0.4, 0.5) is 5.69 Å². The Kier molecular flexibility index (Phi) is 6.14. The molecule has 1 aliphatic heterocycles. The number of aromatic amines is 1. The van der Waals surface area contributed by atoms with Crippen molar-refractivity contribution in [2.24, 2.45) is 0 Å². The number of hydrogen-bond acceptors (Lipinski definition) is 6. The minimum Gasteiger partial charge on any atom is -0.449 e. The summed E-state index contributed by atoms with van der Waals surface area (Å²) < 4.78 is 31.5. The van der Waals surface area contributed by atoms with Gasteiger partial charge in [-0.3, -0.25) is 9.59 Å². The quantitative estimate of drug-likeness (QED) is 0.681. The van der Waals surface area contributed by atoms with Crippen molar-refractivity contribution in [3.8, 4) is 0 Å². The van der Waals surface area contributed by atoms with Gasteiger partial charge in [0.05, 0.1) is 4.90 Å². The second-order valence-electron chi connectivity index (χ2n) is 6.59. The van der Waals surface area contributed by atoms with Gasteiger partial charge in [-0.1, -0.05) is 0 Å². The molecule has 1 fully saturated rings. The minimum absolute atomic E-state index is 0.153. The SMILES string of the molecule is C[C@H](OC(=O)c1ccc[nH]c1=O)C(=O)Nc1ccc(S(=O)(=O)N2CCCC2)cc1. The zero-order chi connectivity index (χ0) is 21.0. The van der Waals surface area contributed by atoms with Crippen LogP contribution in [0.15, 0.2) is 52.3 Å². The van der Waals surface area contributed by atoms with Crippen molar-refractivity contribution in [2.45, 2.75) is 30.8 Å². The number of carbonyl (C=O) groups excluding carboxylic acids is 2. The van der Waals surface area contributed by atoms with Crippen molar-refractivity contribution in [3.63, 3.8) is 0 Å². The lowest BCUT2D eigenvalue weighted by molar-refractivity contribution is -0.123. The third-order valence-corrected chi connectivity index (χ3v) is 6.43. The van der Waals surface area contributed by atoms with Crippen LogP contribution in [0.5, 0.6) is 0 Å². The third-order valence-electron chi connectivity index (χ3n) is 4.52. The molecule has 0 unspecified atom stereocenters. The molecule has 0 saturated carbocycles. The predicted molar refractivity (Wildman–Crippen MR) is 105 cm³/mol. The molecule has 10 heteroatoms. The first kappa shape index (κ1) is 20.7. The lowest BCUT2D eigenvalue weighted by Gasteiger charge is -2.16. The van der Waals surface area contributed by atoms with E-state index < -0.39 is 33.6 Å². The molecular weight excluding hydrogens is 398 g/mol. The van der Waals surface area contributed by atoms with Crippen molar-refractivity contribution in [1.29, 1.82) is 0 Å². The summed E-state index contributed by atoms with van der Waals surface area (Å²) in [4.78, 5) is 38.4. The second kappa shape index (κ2) is 8.58. The number of carbonyl (C=O) groups is 2. The highest BCUT2D eigenvalue weighted by molar-refractivity contribution is 7.89. The van der Waals surface area contributed by atoms with Gasteiger partial charge in [-0.25, -0.2) is 13.2 Å². The highest BCUT2D eigenvalue weighted by atomic mass is 32.2. The number of benzene rings is 1. The van der Waals surface area contributed by atoms with Gasteiger partial charge < -0.3 is 15.0 Å². The summed E-state index contributed by atoms with van der Waals surface area (Å²) in [5.41, 5.74) is -0.459. The van der Waals surface area contributed by atoms with E-state index in [0.717, 1.165) is 12.8 Å². The van der Waals surface area contributed by atoms with Crippen LogP contribution < -0.4 is 10.9 Å². The molecule has 2 heterocycles. The number of esters is 1. The maximum absolute atomic E-state index is 12.5. The maximum atomic E-state index is 12.5. The van der Waals surface area contributed by atoms with Gasteiger partial charge in [0.2, 0.25) is 10.0 Å². The van der Waals surface area contributed by atoms with Gasteiger partial charge in [0.15, 0.2) is 6.10 Å². The zero-order valence-electron chi connectivity index (χ0n) is 15.8. The fourth-order valence-corrected chi connectivity index (χ4v) is 4.41. The molecule has 0 radical (unpaired) electrons. The predicted octanol–water partition coefficient (Wildman–Crippen LogP) is 1.34. The monoisotopic (exact) mass is 419 g/mol. The molecule has 0 bridgehead atoms. The van der Waals surface area contributed by atoms with E-state index in [4.69, 9.17) is 4.74 Å². The van der Waals surface area contributed by atoms with Crippen LogP contribution in [0.2, 0.25) is 0 Å². The Labute approximate surface area is 167 Å². The molecule has 2 aromatic rings. The molecule has 1 amide bonds. The standard InChI is InChI=1S/C19H21N3O6S/c1-13(28-19(25)16-5-4-10-20-18(16)24)17(23)21-14-6-8-15(9-7-14)29(26,27)22-11-2-3-12-22/h4-10,13H,2-3,11-12H2,1H3,(H,20,24)(H,21,23)/t13-/m0/s1. The summed E-state index contributed by atoms with van der Waals surface area (Å²) in [7, 11) is -3.53. The Bertz CT molecular complexity index is 1060. The molecule has 1 aromatic carbocycles. The first-order chi connectivity index (χ1) is 13.8. The number of pyridine rings is 1. The lowest BCUT2D eigenvalue weighted by atomic mass is 10.2. The van der Waals surface area contributed by atoms with Crippen LogP contribution in [-0.4, -0.2) is 48.8 Å². The van der Waals surface area contributed by atoms with Gasteiger partial charge in [0.25, 0.3) is 11.5 Å². The summed E-state index contributed by atoms with van der Waals surface area (Å²) in [5, 5.41) is 2.55. The Hall–Kier alpha value is -2.98. The number of amides is 1. The molecule has 3 rings (SSSR count). The maximum Gasteiger partial charge on any atom is 0.344 e. The normalized spacial score (nSPS) is 15.6. The fourth-order valence-electron chi connectivity index (χ4n) is 2.89. The second-order valence-corrected chi connectivity index (χ2v) is 8.52. The van der Waals surface area contributed by atoms with Gasteiger partial charge >= 0.3 is 5.97 Å². The number of H-pyrrole nitrogens is 1. The van der Waals surface area contributed by atoms with Crippen LogP contribution in [-0.2, 0) is 19.6 Å². The molecule has 1 aliphatic rings. The topological polar surface area (TPSA) is 126 Å². The summed E-state index contributed by atoms with van der Waals surface area (Å²) >= 11 is 0. The number of anilines is 1. The lowest BCUT2D eigenvalue weighted by Crippen LogP contribution is -2.31. The highest BCUT2D eigenvalue weighted by Gasteiger charge is 2.27. The molecular formula is C19H21N3O6S. The molecule has 1 atom stereocenters. The van der Waals surface area contributed by atoms with Crippen molar-refractivity contribution >= 4 is 27.6 Å². The third kappa shape index (κ3) is 4.72. The molecule has 1 saturated heterocycles. The number of sulfonamides is 1. The van der Waals surface area contributed by atoms with Crippen LogP contribution in [0.3, 0.4) is 0 Å². The molecule has 1 aromatic heterocycles. The van der Waals surface area contributed by atoms with E-state index >= 15 is 0 Å². The molecule has 154 valence electrons. The van der Waals surface area contributed by atoms with Crippen LogP contribution in [0.25, 0.3) is 0 Å². The zero-order valence-corrected chi connectivity index (χ0v) is 16.6. The largest absolute Gasteiger partial charge is 0.449 e. The number of nitrogens with one attached hydrogen (secondary N) is 2. The number of rotatable bonds is 6. The Morgan fingerprint density at radius 3 is 2.41 bits per heavy atom. The summed E-state index contributed by atoms with van der Waals surface area (Å²) in [5.74, 6) is -1.53. The van der Waals surface area contributed by atoms with E-state index in [9.17, 15) is 22.8 Å². The first-order valence-electron chi connectivity index (χ1n) is 9.09. The van der Waals surface area contributed by atoms with E-state index in [-0.39, 0.29) is 10.5 Å². The summed E-state index contributed by atoms with van der Waals surface area (Å²) in [6.45, 7) is 2.39. The van der Waals surface area contributed by atoms with Gasteiger partial charge in [-0.15, -0.1) is 0 Å². The van der Waals surface area contributed by atoms with Crippen molar-refractivity contribution in [2.75, 3.05) is 18.4 Å². The summed E-state index contributed by atoms with van der Waals surface area (Å²) in [6.07, 6.45) is 1.91. The fraction of sp³-hybridized carbons (Fsp3) is 0.316. The first-order valence-corrected chi connectivity index (χ1v) is 10.5. The van der Waals surface area contributed by atoms with E-state index in [2.05, 4.69) is 10.3 Å². The molecule has 29 heavy (non-hydrogen) atoms. The highest BCUT2D eigenvalue weighted by Crippen LogP contribution is 2.22.